The van der Waals surface area contributed by atoms with Gasteiger partial charge in [-0.2, -0.15) is 4.98 Å². The van der Waals surface area contributed by atoms with E-state index in [-0.39, 0.29) is 0 Å². The number of benzene rings is 1. The summed E-state index contributed by atoms with van der Waals surface area (Å²) in [7, 11) is 0. The predicted octanol–water partition coefficient (Wildman–Crippen LogP) is 2.26. The highest BCUT2D eigenvalue weighted by molar-refractivity contribution is 14.1. The van der Waals surface area contributed by atoms with E-state index in [2.05, 4.69) is 80.0 Å². The van der Waals surface area contributed by atoms with E-state index in [1.54, 1.807) is 0 Å². The van der Waals surface area contributed by atoms with E-state index in [1.807, 2.05) is 6.07 Å². The van der Waals surface area contributed by atoms with Crippen LogP contribution in [-0.2, 0) is 0 Å². The first-order chi connectivity index (χ1) is 9.61. The van der Waals surface area contributed by atoms with Crippen LogP contribution < -0.4 is 10.2 Å². The summed E-state index contributed by atoms with van der Waals surface area (Å²) >= 11 is 2.31. The number of nitrogens with one attached hydrogen (secondary N) is 2. The second-order valence-electron chi connectivity index (χ2n) is 5.37. The minimum absolute atomic E-state index is 0.457. The minimum Gasteiger partial charge on any atom is -0.336 e. The zero-order valence-electron chi connectivity index (χ0n) is 11.6. The Hall–Kier alpha value is -1.15. The molecule has 2 aromatic rings. The van der Waals surface area contributed by atoms with Gasteiger partial charge in [0, 0.05) is 34.3 Å². The minimum atomic E-state index is 0.457. The number of rotatable bonds is 2. The maximum absolute atomic E-state index is 4.64. The van der Waals surface area contributed by atoms with Gasteiger partial charge in [0.05, 0.1) is 0 Å². The molecule has 1 fully saturated rings. The molecular weight excluding hydrogens is 365 g/mol. The van der Waals surface area contributed by atoms with Gasteiger partial charge in [0.15, 0.2) is 5.82 Å². The summed E-state index contributed by atoms with van der Waals surface area (Å²) in [6.07, 6.45) is 0. The Labute approximate surface area is 132 Å². The fourth-order valence-electron chi connectivity index (χ4n) is 2.65. The Morgan fingerprint density at radius 1 is 1.25 bits per heavy atom. The van der Waals surface area contributed by atoms with Crippen LogP contribution in [0.15, 0.2) is 24.3 Å². The van der Waals surface area contributed by atoms with Crippen molar-refractivity contribution in [2.45, 2.75) is 25.9 Å². The molecule has 0 amide bonds. The highest BCUT2D eigenvalue weighted by Gasteiger charge is 2.23. The molecule has 2 unspecified atom stereocenters. The molecule has 0 radical (unpaired) electrons. The number of H-pyrrole nitrogens is 1. The van der Waals surface area contributed by atoms with Crippen molar-refractivity contribution in [3.05, 3.63) is 27.8 Å². The van der Waals surface area contributed by atoms with Crippen molar-refractivity contribution in [1.29, 1.82) is 0 Å². The first kappa shape index (κ1) is 13.8. The standard InChI is InChI=1S/C14H18IN5/c1-9-7-20(8-10(2)16-9)14-17-13(18-19-14)11-4-3-5-12(15)6-11/h3-6,9-10,16H,7-8H2,1-2H3,(H,17,18,19). The van der Waals surface area contributed by atoms with Crippen molar-refractivity contribution >= 4 is 28.5 Å². The molecular formula is C14H18IN5. The Morgan fingerprint density at radius 3 is 2.70 bits per heavy atom. The number of nitrogens with zero attached hydrogens (tertiary/aromatic N) is 3. The first-order valence-corrected chi connectivity index (χ1v) is 7.89. The largest absolute Gasteiger partial charge is 0.336 e. The first-order valence-electron chi connectivity index (χ1n) is 6.81. The predicted molar refractivity (Wildman–Crippen MR) is 88.8 cm³/mol. The fourth-order valence-corrected chi connectivity index (χ4v) is 3.19. The Bertz CT molecular complexity index is 587. The van der Waals surface area contributed by atoms with Gasteiger partial charge in [-0.25, -0.2) is 0 Å². The molecule has 1 aromatic carbocycles. The maximum Gasteiger partial charge on any atom is 0.245 e. The van der Waals surface area contributed by atoms with Crippen LogP contribution in [0.2, 0.25) is 0 Å². The fraction of sp³-hybridized carbons (Fsp3) is 0.429. The number of halogens is 1. The number of anilines is 1. The van der Waals surface area contributed by atoms with Crippen LogP contribution in [0.4, 0.5) is 5.95 Å². The van der Waals surface area contributed by atoms with Crippen molar-refractivity contribution in [1.82, 2.24) is 20.5 Å². The average molecular weight is 383 g/mol. The third-order valence-electron chi connectivity index (χ3n) is 3.41. The average Bonchev–Trinajstić information content (AvgIpc) is 2.87. The number of aromatic amines is 1. The van der Waals surface area contributed by atoms with Gasteiger partial charge >= 0.3 is 0 Å². The number of hydrogen-bond acceptors (Lipinski definition) is 4. The number of aromatic nitrogens is 3. The molecule has 5 nitrogen and oxygen atoms in total. The van der Waals surface area contributed by atoms with Crippen LogP contribution >= 0.6 is 22.6 Å². The third kappa shape index (κ3) is 2.95. The summed E-state index contributed by atoms with van der Waals surface area (Å²) in [5, 5.41) is 10.9. The van der Waals surface area contributed by atoms with Gasteiger partial charge in [-0.1, -0.05) is 12.1 Å². The van der Waals surface area contributed by atoms with Gasteiger partial charge in [-0.05, 0) is 48.6 Å². The lowest BCUT2D eigenvalue weighted by Gasteiger charge is -2.35. The van der Waals surface area contributed by atoms with Crippen molar-refractivity contribution in [2.75, 3.05) is 18.0 Å². The molecule has 0 bridgehead atoms. The van der Waals surface area contributed by atoms with Crippen molar-refractivity contribution < 1.29 is 0 Å². The topological polar surface area (TPSA) is 56.8 Å². The zero-order chi connectivity index (χ0) is 14.1. The zero-order valence-corrected chi connectivity index (χ0v) is 13.8. The van der Waals surface area contributed by atoms with Gasteiger partial charge in [0.25, 0.3) is 0 Å². The molecule has 6 heteroatoms. The van der Waals surface area contributed by atoms with Crippen molar-refractivity contribution in [3.63, 3.8) is 0 Å². The lowest BCUT2D eigenvalue weighted by atomic mass is 10.1. The van der Waals surface area contributed by atoms with E-state index in [0.29, 0.717) is 12.1 Å². The Kier molecular flexibility index (Phi) is 3.93. The lowest BCUT2D eigenvalue weighted by Crippen LogP contribution is -2.54. The van der Waals surface area contributed by atoms with E-state index in [0.717, 1.165) is 30.4 Å². The number of piperazine rings is 1. The molecule has 2 atom stereocenters. The summed E-state index contributed by atoms with van der Waals surface area (Å²) in [6, 6.07) is 9.18. The maximum atomic E-state index is 4.64. The van der Waals surface area contributed by atoms with Crippen LogP contribution in [0.5, 0.6) is 0 Å². The molecule has 0 aliphatic carbocycles. The van der Waals surface area contributed by atoms with Crippen LogP contribution in [0.3, 0.4) is 0 Å². The SMILES string of the molecule is CC1CN(c2n[nH]c(-c3cccc(I)c3)n2)CC(C)N1. The molecule has 1 aliphatic rings. The van der Waals surface area contributed by atoms with Gasteiger partial charge in [-0.15, -0.1) is 5.10 Å². The van der Waals surface area contributed by atoms with E-state index in [9.17, 15) is 0 Å². The third-order valence-corrected chi connectivity index (χ3v) is 4.08. The summed E-state index contributed by atoms with van der Waals surface area (Å²) in [4.78, 5) is 6.88. The molecule has 1 saturated heterocycles. The van der Waals surface area contributed by atoms with Gasteiger partial charge < -0.3 is 10.2 Å². The second kappa shape index (κ2) is 5.69. The van der Waals surface area contributed by atoms with E-state index < -0.39 is 0 Å². The van der Waals surface area contributed by atoms with Crippen LogP contribution in [0.25, 0.3) is 11.4 Å². The number of hydrogen-bond donors (Lipinski definition) is 2. The molecule has 106 valence electrons. The van der Waals surface area contributed by atoms with Gasteiger partial charge in [0.2, 0.25) is 5.95 Å². The summed E-state index contributed by atoms with van der Waals surface area (Å²) < 4.78 is 1.20. The van der Waals surface area contributed by atoms with Gasteiger partial charge in [-0.3, -0.25) is 5.10 Å². The highest BCUT2D eigenvalue weighted by atomic mass is 127. The quantitative estimate of drug-likeness (QED) is 0.782. The Balaban J connectivity index is 1.83. The highest BCUT2D eigenvalue weighted by Crippen LogP contribution is 2.20. The van der Waals surface area contributed by atoms with Crippen LogP contribution in [0, 0.1) is 3.57 Å². The van der Waals surface area contributed by atoms with Crippen LogP contribution in [0.1, 0.15) is 13.8 Å². The summed E-state index contributed by atoms with van der Waals surface area (Å²) in [5.41, 5.74) is 1.08. The molecule has 1 aliphatic heterocycles. The van der Waals surface area contributed by atoms with Gasteiger partial charge in [0.1, 0.15) is 0 Å². The van der Waals surface area contributed by atoms with Crippen molar-refractivity contribution in [2.24, 2.45) is 0 Å². The van der Waals surface area contributed by atoms with E-state index in [1.165, 1.54) is 3.57 Å². The molecule has 0 spiro atoms. The summed E-state index contributed by atoms with van der Waals surface area (Å²) in [5.74, 6) is 1.62. The lowest BCUT2D eigenvalue weighted by molar-refractivity contribution is 0.403. The van der Waals surface area contributed by atoms with E-state index >= 15 is 0 Å². The Morgan fingerprint density at radius 2 is 2.00 bits per heavy atom. The summed E-state index contributed by atoms with van der Waals surface area (Å²) in [6.45, 7) is 6.26. The van der Waals surface area contributed by atoms with E-state index in [4.69, 9.17) is 0 Å². The molecule has 0 saturated carbocycles. The molecule has 1 aromatic heterocycles. The normalized spacial score (nSPS) is 23.1. The van der Waals surface area contributed by atoms with Crippen molar-refractivity contribution in [3.8, 4) is 11.4 Å². The second-order valence-corrected chi connectivity index (χ2v) is 6.61. The molecule has 2 heterocycles. The smallest absolute Gasteiger partial charge is 0.245 e. The molecule has 20 heavy (non-hydrogen) atoms. The molecule has 3 rings (SSSR count). The monoisotopic (exact) mass is 383 g/mol. The molecule has 2 N–H and O–H groups in total. The van der Waals surface area contributed by atoms with Crippen LogP contribution in [-0.4, -0.2) is 40.4 Å².